The second kappa shape index (κ2) is 9.72. The van der Waals surface area contributed by atoms with Crippen LogP contribution in [-0.2, 0) is 27.3 Å². The Kier molecular flexibility index (Phi) is 6.82. The largest absolute Gasteiger partial charge is 0.467 e. The van der Waals surface area contributed by atoms with Crippen LogP contribution in [0, 0.1) is 0 Å². The first-order valence-corrected chi connectivity index (χ1v) is 9.30. The highest BCUT2D eigenvalue weighted by Gasteiger charge is 2.20. The van der Waals surface area contributed by atoms with Crippen LogP contribution in [0.5, 0.6) is 0 Å². The van der Waals surface area contributed by atoms with E-state index in [1.54, 1.807) is 0 Å². The van der Waals surface area contributed by atoms with E-state index in [2.05, 4.69) is 29.6 Å². The van der Waals surface area contributed by atoms with Gasteiger partial charge in [0.05, 0.1) is 13.7 Å². The van der Waals surface area contributed by atoms with Crippen LogP contribution in [0.25, 0.3) is 11.1 Å². The minimum absolute atomic E-state index is 0.360. The molecule has 1 atom stereocenters. The number of methoxy groups -OCH3 is 1. The molecule has 1 N–H and O–H groups in total. The van der Waals surface area contributed by atoms with Crippen molar-refractivity contribution in [2.24, 2.45) is 0 Å². The zero-order valence-corrected chi connectivity index (χ0v) is 16.2. The van der Waals surface area contributed by atoms with Crippen LogP contribution in [-0.4, -0.2) is 26.2 Å². The van der Waals surface area contributed by atoms with Gasteiger partial charge in [0.2, 0.25) is 0 Å². The number of anilines is 1. The van der Waals surface area contributed by atoms with Crippen molar-refractivity contribution < 1.29 is 14.3 Å². The summed E-state index contributed by atoms with van der Waals surface area (Å²) in [5, 5.41) is 3.15. The maximum absolute atomic E-state index is 12.1. The molecule has 28 heavy (non-hydrogen) atoms. The van der Waals surface area contributed by atoms with Gasteiger partial charge in [-0.05, 0) is 34.4 Å². The molecule has 3 rings (SSSR count). The smallest absolute Gasteiger partial charge is 0.335 e. The van der Waals surface area contributed by atoms with Crippen LogP contribution >= 0.6 is 0 Å². The van der Waals surface area contributed by atoms with E-state index >= 15 is 0 Å². The first-order chi connectivity index (χ1) is 13.7. The predicted octanol–water partition coefficient (Wildman–Crippen LogP) is 4.70. The lowest BCUT2D eigenvalue weighted by molar-refractivity contribution is -0.154. The maximum Gasteiger partial charge on any atom is 0.335 e. The molecule has 4 nitrogen and oxygen atoms in total. The normalized spacial score (nSPS) is 11.6. The number of ether oxygens (including phenoxy) is 2. The monoisotopic (exact) mass is 375 g/mol. The Morgan fingerprint density at radius 3 is 2.32 bits per heavy atom. The highest BCUT2D eigenvalue weighted by atomic mass is 16.6. The van der Waals surface area contributed by atoms with Crippen LogP contribution in [0.1, 0.15) is 11.1 Å². The molecule has 0 fully saturated rings. The van der Waals surface area contributed by atoms with E-state index in [1.807, 2.05) is 61.6 Å². The van der Waals surface area contributed by atoms with Crippen LogP contribution in [0.15, 0.2) is 78.9 Å². The Hall–Kier alpha value is -3.11. The first-order valence-electron chi connectivity index (χ1n) is 9.30. The third-order valence-electron chi connectivity index (χ3n) is 4.62. The number of carbonyl (C=O) groups excluding carboxylic acids is 1. The Morgan fingerprint density at radius 2 is 1.64 bits per heavy atom. The lowest BCUT2D eigenvalue weighted by Gasteiger charge is -2.16. The third-order valence-corrected chi connectivity index (χ3v) is 4.62. The van der Waals surface area contributed by atoms with E-state index in [0.29, 0.717) is 13.0 Å². The lowest BCUT2D eigenvalue weighted by atomic mass is 10.0. The number of benzene rings is 3. The van der Waals surface area contributed by atoms with E-state index in [9.17, 15) is 4.79 Å². The fourth-order valence-corrected chi connectivity index (χ4v) is 3.01. The third kappa shape index (κ3) is 5.21. The van der Waals surface area contributed by atoms with Gasteiger partial charge in [-0.25, -0.2) is 4.79 Å². The van der Waals surface area contributed by atoms with Gasteiger partial charge >= 0.3 is 5.97 Å². The van der Waals surface area contributed by atoms with E-state index in [4.69, 9.17) is 9.47 Å². The van der Waals surface area contributed by atoms with Crippen molar-refractivity contribution in [3.8, 4) is 11.1 Å². The highest BCUT2D eigenvalue weighted by Crippen LogP contribution is 2.23. The minimum Gasteiger partial charge on any atom is -0.467 e. The van der Waals surface area contributed by atoms with Gasteiger partial charge in [-0.15, -0.1) is 0 Å². The van der Waals surface area contributed by atoms with E-state index in [-0.39, 0.29) is 5.97 Å². The molecule has 0 radical (unpaired) electrons. The van der Waals surface area contributed by atoms with Crippen molar-refractivity contribution in [3.63, 3.8) is 0 Å². The number of hydrogen-bond acceptors (Lipinski definition) is 4. The molecule has 4 heteroatoms. The topological polar surface area (TPSA) is 47.6 Å². The van der Waals surface area contributed by atoms with Crippen LogP contribution < -0.4 is 5.32 Å². The molecule has 3 aromatic carbocycles. The Bertz CT molecular complexity index is 891. The SMILES string of the molecule is CNc1cccc(-c2ccc(C[C@H](OCc3ccccc3)C(=O)OC)cc2)c1. The van der Waals surface area contributed by atoms with Crippen LogP contribution in [0.3, 0.4) is 0 Å². The second-order valence-electron chi connectivity index (χ2n) is 6.54. The minimum atomic E-state index is -0.635. The average molecular weight is 375 g/mol. The van der Waals surface area contributed by atoms with Gasteiger partial charge in [0.25, 0.3) is 0 Å². The molecular weight excluding hydrogens is 350 g/mol. The van der Waals surface area contributed by atoms with E-state index in [0.717, 1.165) is 27.9 Å². The molecule has 0 aromatic heterocycles. The molecule has 0 aliphatic carbocycles. The molecule has 0 unspecified atom stereocenters. The van der Waals surface area contributed by atoms with Gasteiger partial charge in [0.15, 0.2) is 6.10 Å². The molecule has 0 aliphatic rings. The summed E-state index contributed by atoms with van der Waals surface area (Å²) in [5.74, 6) is -0.360. The van der Waals surface area contributed by atoms with Crippen LogP contribution in [0.2, 0.25) is 0 Å². The fourth-order valence-electron chi connectivity index (χ4n) is 3.01. The van der Waals surface area contributed by atoms with Gasteiger partial charge in [0.1, 0.15) is 0 Å². The molecule has 0 spiro atoms. The Balaban J connectivity index is 1.69. The molecule has 0 amide bonds. The van der Waals surface area contributed by atoms with Crippen molar-refractivity contribution in [1.29, 1.82) is 0 Å². The molecule has 0 heterocycles. The van der Waals surface area contributed by atoms with Gasteiger partial charge in [-0.1, -0.05) is 66.7 Å². The van der Waals surface area contributed by atoms with Crippen molar-refractivity contribution in [2.45, 2.75) is 19.1 Å². The predicted molar refractivity (Wildman–Crippen MR) is 112 cm³/mol. The first kappa shape index (κ1) is 19.6. The zero-order chi connectivity index (χ0) is 19.8. The second-order valence-corrected chi connectivity index (χ2v) is 6.54. The standard InChI is InChI=1S/C24H25NO3/c1-25-22-10-6-9-21(16-22)20-13-11-18(12-14-20)15-23(24(26)27-2)28-17-19-7-4-3-5-8-19/h3-14,16,23,25H,15,17H2,1-2H3/t23-/m0/s1. The number of rotatable bonds is 8. The summed E-state index contributed by atoms with van der Waals surface area (Å²) in [4.78, 5) is 12.1. The number of nitrogens with one attached hydrogen (secondary N) is 1. The van der Waals surface area contributed by atoms with Gasteiger partial charge in [-0.3, -0.25) is 0 Å². The number of carbonyl (C=O) groups is 1. The summed E-state index contributed by atoms with van der Waals surface area (Å²) in [6, 6.07) is 26.2. The van der Waals surface area contributed by atoms with Crippen molar-refractivity contribution in [1.82, 2.24) is 0 Å². The Morgan fingerprint density at radius 1 is 0.893 bits per heavy atom. The quantitative estimate of drug-likeness (QED) is 0.580. The molecule has 0 saturated heterocycles. The summed E-state index contributed by atoms with van der Waals surface area (Å²) in [6.07, 6.45) is -0.167. The molecule has 0 aliphatic heterocycles. The summed E-state index contributed by atoms with van der Waals surface area (Å²) >= 11 is 0. The maximum atomic E-state index is 12.1. The van der Waals surface area contributed by atoms with Gasteiger partial charge in [0, 0.05) is 19.2 Å². The van der Waals surface area contributed by atoms with Crippen molar-refractivity contribution in [3.05, 3.63) is 90.0 Å². The van der Waals surface area contributed by atoms with Crippen molar-refractivity contribution >= 4 is 11.7 Å². The molecule has 144 valence electrons. The number of esters is 1. The summed E-state index contributed by atoms with van der Waals surface area (Å²) in [7, 11) is 3.30. The molecular formula is C24H25NO3. The Labute approximate surface area is 166 Å². The zero-order valence-electron chi connectivity index (χ0n) is 16.2. The molecule has 0 bridgehead atoms. The van der Waals surface area contributed by atoms with Crippen LogP contribution in [0.4, 0.5) is 5.69 Å². The van der Waals surface area contributed by atoms with Gasteiger partial charge < -0.3 is 14.8 Å². The summed E-state index contributed by atoms with van der Waals surface area (Å²) in [5.41, 5.74) is 5.39. The average Bonchev–Trinajstić information content (AvgIpc) is 2.77. The lowest BCUT2D eigenvalue weighted by Crippen LogP contribution is -2.28. The fraction of sp³-hybridized carbons (Fsp3) is 0.208. The number of hydrogen-bond donors (Lipinski definition) is 1. The molecule has 3 aromatic rings. The molecule has 0 saturated carbocycles. The van der Waals surface area contributed by atoms with E-state index in [1.165, 1.54) is 7.11 Å². The summed E-state index contributed by atoms with van der Waals surface area (Å²) < 4.78 is 10.8. The van der Waals surface area contributed by atoms with Gasteiger partial charge in [-0.2, -0.15) is 0 Å². The highest BCUT2D eigenvalue weighted by molar-refractivity contribution is 5.75. The van der Waals surface area contributed by atoms with E-state index < -0.39 is 6.10 Å². The summed E-state index contributed by atoms with van der Waals surface area (Å²) in [6.45, 7) is 0.371. The van der Waals surface area contributed by atoms with Crippen molar-refractivity contribution in [2.75, 3.05) is 19.5 Å².